The largest absolute Gasteiger partial charge is 0.483 e. The molecule has 2 aromatic rings. The van der Waals surface area contributed by atoms with Crippen molar-refractivity contribution in [2.24, 2.45) is 5.84 Å². The van der Waals surface area contributed by atoms with Crippen molar-refractivity contribution < 1.29 is 33.4 Å². The van der Waals surface area contributed by atoms with E-state index in [-0.39, 0.29) is 22.7 Å². The molecule has 0 saturated carbocycles. The quantitative estimate of drug-likeness (QED) is 0.231. The molecule has 0 aliphatic rings. The van der Waals surface area contributed by atoms with E-state index in [1.807, 2.05) is 5.32 Å². The van der Waals surface area contributed by atoms with Gasteiger partial charge in [0.1, 0.15) is 5.82 Å². The normalized spacial score (nSPS) is 9.43. The molecule has 0 atom stereocenters. The zero-order valence-corrected chi connectivity index (χ0v) is 15.1. The van der Waals surface area contributed by atoms with Gasteiger partial charge in [0.05, 0.1) is 28.9 Å². The third-order valence-corrected chi connectivity index (χ3v) is 3.51. The summed E-state index contributed by atoms with van der Waals surface area (Å²) in [5.41, 5.74) is -0.0150. The molecule has 0 fully saturated rings. The van der Waals surface area contributed by atoms with Crippen LogP contribution in [0.5, 0.6) is 0 Å². The SMILES string of the molecule is COC(=O)c1ccc(N(N)C(=O)NC(=O)c2c(F)cccc2Cl)cc1.O=CO. The van der Waals surface area contributed by atoms with E-state index in [0.717, 1.165) is 6.07 Å². The first-order valence-electron chi connectivity index (χ1n) is 7.37. The van der Waals surface area contributed by atoms with Gasteiger partial charge < -0.3 is 9.84 Å². The number of carbonyl (C=O) groups is 4. The number of ether oxygens (including phenoxy) is 1. The molecule has 0 spiro atoms. The standard InChI is InChI=1S/C16H13ClFN3O4.CH2O2/c1-25-15(23)9-5-7-10(8-6-9)21(19)16(24)20-14(22)13-11(17)3-2-4-12(13)18;2-1-3/h2-8H,19H2,1H3,(H,20,22,24);1H,(H,2,3). The summed E-state index contributed by atoms with van der Waals surface area (Å²) in [4.78, 5) is 43.8. The Balaban J connectivity index is 0.00000122. The number of urea groups is 1. The molecule has 0 saturated heterocycles. The van der Waals surface area contributed by atoms with Crippen LogP contribution < -0.4 is 16.2 Å². The molecule has 3 amide bonds. The fourth-order valence-electron chi connectivity index (χ4n) is 1.93. The molecular weight excluding hydrogens is 397 g/mol. The topological polar surface area (TPSA) is 139 Å². The molecule has 0 heterocycles. The maximum atomic E-state index is 13.7. The summed E-state index contributed by atoms with van der Waals surface area (Å²) in [7, 11) is 1.23. The van der Waals surface area contributed by atoms with Gasteiger partial charge in [-0.3, -0.25) is 14.9 Å². The number of rotatable bonds is 3. The summed E-state index contributed by atoms with van der Waals surface area (Å²) in [6, 6.07) is 8.23. The van der Waals surface area contributed by atoms with Crippen molar-refractivity contribution in [1.29, 1.82) is 0 Å². The van der Waals surface area contributed by atoms with Gasteiger partial charge in [-0.2, -0.15) is 0 Å². The highest BCUT2D eigenvalue weighted by molar-refractivity contribution is 6.34. The first-order chi connectivity index (χ1) is 13.3. The fraction of sp³-hybridized carbons (Fsp3) is 0.0588. The van der Waals surface area contributed by atoms with Crippen LogP contribution in [0.3, 0.4) is 0 Å². The number of hydrogen-bond acceptors (Lipinski definition) is 6. The van der Waals surface area contributed by atoms with Crippen molar-refractivity contribution in [2.45, 2.75) is 0 Å². The van der Waals surface area contributed by atoms with E-state index in [1.165, 1.54) is 43.5 Å². The monoisotopic (exact) mass is 411 g/mol. The van der Waals surface area contributed by atoms with Gasteiger partial charge in [-0.1, -0.05) is 17.7 Å². The molecule has 148 valence electrons. The highest BCUT2D eigenvalue weighted by Gasteiger charge is 2.21. The number of methoxy groups -OCH3 is 1. The lowest BCUT2D eigenvalue weighted by molar-refractivity contribution is -0.122. The van der Waals surface area contributed by atoms with Crippen LogP contribution in [0.4, 0.5) is 14.9 Å². The van der Waals surface area contributed by atoms with Crippen LogP contribution >= 0.6 is 11.6 Å². The van der Waals surface area contributed by atoms with Crippen molar-refractivity contribution >= 4 is 41.7 Å². The number of imide groups is 1. The molecule has 4 N–H and O–H groups in total. The van der Waals surface area contributed by atoms with Crippen LogP contribution in [-0.4, -0.2) is 36.6 Å². The Morgan fingerprint density at radius 3 is 2.29 bits per heavy atom. The molecule has 0 aromatic heterocycles. The van der Waals surface area contributed by atoms with E-state index in [2.05, 4.69) is 4.74 Å². The van der Waals surface area contributed by atoms with E-state index in [9.17, 15) is 18.8 Å². The maximum absolute atomic E-state index is 13.7. The number of halogens is 2. The van der Waals surface area contributed by atoms with E-state index in [1.54, 1.807) is 0 Å². The number of hydrazine groups is 1. The van der Waals surface area contributed by atoms with Gasteiger partial charge in [-0.05, 0) is 36.4 Å². The van der Waals surface area contributed by atoms with Crippen molar-refractivity contribution in [3.05, 3.63) is 64.4 Å². The molecule has 11 heteroatoms. The lowest BCUT2D eigenvalue weighted by Gasteiger charge is -2.17. The van der Waals surface area contributed by atoms with Gasteiger partial charge in [0.15, 0.2) is 0 Å². The van der Waals surface area contributed by atoms with Gasteiger partial charge in [0, 0.05) is 0 Å². The second-order valence-corrected chi connectivity index (χ2v) is 5.28. The molecule has 0 aliphatic carbocycles. The molecule has 0 radical (unpaired) electrons. The molecule has 9 nitrogen and oxygen atoms in total. The Hall–Kier alpha value is -3.50. The van der Waals surface area contributed by atoms with E-state index < -0.39 is 29.3 Å². The number of nitrogens with two attached hydrogens (primary N) is 1. The highest BCUT2D eigenvalue weighted by Crippen LogP contribution is 2.19. The van der Waals surface area contributed by atoms with Gasteiger partial charge in [0.2, 0.25) is 0 Å². The van der Waals surface area contributed by atoms with Crippen molar-refractivity contribution in [3.8, 4) is 0 Å². The number of esters is 1. The number of benzene rings is 2. The Labute approximate surface area is 163 Å². The molecule has 0 bridgehead atoms. The summed E-state index contributed by atoms with van der Waals surface area (Å²) in [6.45, 7) is -0.250. The molecule has 28 heavy (non-hydrogen) atoms. The molecule has 2 rings (SSSR count). The number of anilines is 1. The number of carboxylic acid groups (broad SMARTS) is 1. The molecule has 2 aromatic carbocycles. The zero-order valence-electron chi connectivity index (χ0n) is 14.4. The summed E-state index contributed by atoms with van der Waals surface area (Å²) >= 11 is 5.76. The smallest absolute Gasteiger partial charge is 0.343 e. The van der Waals surface area contributed by atoms with Gasteiger partial charge >= 0.3 is 12.0 Å². The van der Waals surface area contributed by atoms with Crippen LogP contribution in [0.15, 0.2) is 42.5 Å². The van der Waals surface area contributed by atoms with Gasteiger partial charge in [-0.15, -0.1) is 0 Å². The second-order valence-electron chi connectivity index (χ2n) is 4.87. The molecule has 0 aliphatic heterocycles. The van der Waals surface area contributed by atoms with Gasteiger partial charge in [-0.25, -0.2) is 24.8 Å². The summed E-state index contributed by atoms with van der Waals surface area (Å²) < 4.78 is 18.2. The highest BCUT2D eigenvalue weighted by atomic mass is 35.5. The second kappa shape index (κ2) is 10.6. The lowest BCUT2D eigenvalue weighted by Crippen LogP contribution is -2.47. The van der Waals surface area contributed by atoms with E-state index >= 15 is 0 Å². The Bertz CT molecular complexity index is 855. The van der Waals surface area contributed by atoms with Crippen LogP contribution in [0.25, 0.3) is 0 Å². The summed E-state index contributed by atoms with van der Waals surface area (Å²) in [6.07, 6.45) is 0. The predicted octanol–water partition coefficient (Wildman–Crippen LogP) is 2.20. The van der Waals surface area contributed by atoms with Gasteiger partial charge in [0.25, 0.3) is 12.4 Å². The Morgan fingerprint density at radius 2 is 1.79 bits per heavy atom. The summed E-state index contributed by atoms with van der Waals surface area (Å²) in [5, 5.41) is 9.31. The maximum Gasteiger partial charge on any atom is 0.343 e. The van der Waals surface area contributed by atoms with Crippen molar-refractivity contribution in [3.63, 3.8) is 0 Å². The Kier molecular flexibility index (Phi) is 8.53. The minimum atomic E-state index is -1.03. The first-order valence-corrected chi connectivity index (χ1v) is 7.75. The third kappa shape index (κ3) is 5.76. The van der Waals surface area contributed by atoms with E-state index in [0.29, 0.717) is 5.01 Å². The molecular formula is C17H15ClFN3O6. The lowest BCUT2D eigenvalue weighted by atomic mass is 10.2. The number of hydrogen-bond donors (Lipinski definition) is 3. The van der Waals surface area contributed by atoms with Crippen molar-refractivity contribution in [1.82, 2.24) is 5.32 Å². The average molecular weight is 412 g/mol. The predicted molar refractivity (Wildman–Crippen MR) is 97.4 cm³/mol. The minimum absolute atomic E-state index is 0.142. The molecule has 0 unspecified atom stereocenters. The number of amides is 3. The minimum Gasteiger partial charge on any atom is -0.483 e. The van der Waals surface area contributed by atoms with Crippen LogP contribution in [-0.2, 0) is 9.53 Å². The Morgan fingerprint density at radius 1 is 1.21 bits per heavy atom. The fourth-order valence-corrected chi connectivity index (χ4v) is 2.18. The summed E-state index contributed by atoms with van der Waals surface area (Å²) in [5.74, 6) is 3.17. The van der Waals surface area contributed by atoms with E-state index in [4.69, 9.17) is 27.3 Å². The van der Waals surface area contributed by atoms with Crippen LogP contribution in [0, 0.1) is 5.82 Å². The third-order valence-electron chi connectivity index (χ3n) is 3.20. The number of nitrogens with zero attached hydrogens (tertiary/aromatic N) is 1. The van der Waals surface area contributed by atoms with Crippen molar-refractivity contribution in [2.75, 3.05) is 12.1 Å². The van der Waals surface area contributed by atoms with Crippen LogP contribution in [0.2, 0.25) is 5.02 Å². The first kappa shape index (κ1) is 22.5. The number of carbonyl (C=O) groups excluding carboxylic acids is 3. The zero-order chi connectivity index (χ0) is 21.3. The van der Waals surface area contributed by atoms with Crippen LogP contribution in [0.1, 0.15) is 20.7 Å². The average Bonchev–Trinajstić information content (AvgIpc) is 2.67. The number of nitrogens with one attached hydrogen (secondary N) is 1.